The van der Waals surface area contributed by atoms with Crippen molar-refractivity contribution in [1.29, 1.82) is 0 Å². The van der Waals surface area contributed by atoms with E-state index >= 15 is 0 Å². The van der Waals surface area contributed by atoms with E-state index in [9.17, 15) is 0 Å². The molecule has 0 bridgehead atoms. The van der Waals surface area contributed by atoms with Crippen molar-refractivity contribution in [2.75, 3.05) is 0 Å². The molecule has 0 rings (SSSR count). The van der Waals surface area contributed by atoms with Gasteiger partial charge in [0, 0.05) is 5.92 Å². The highest BCUT2D eigenvalue weighted by atomic mass is 16.4. The third kappa shape index (κ3) is 2.50. The minimum atomic E-state index is 0.241. The third-order valence-electron chi connectivity index (χ3n) is 2.92. The predicted octanol–water partition coefficient (Wildman–Crippen LogP) is 3.30. The van der Waals surface area contributed by atoms with Crippen LogP contribution in [-0.4, -0.2) is 10.9 Å². The number of oxime groups is 1. The first-order valence-corrected chi connectivity index (χ1v) is 4.68. The molecule has 1 unspecified atom stereocenters. The van der Waals surface area contributed by atoms with Crippen LogP contribution in [0.15, 0.2) is 5.16 Å². The van der Waals surface area contributed by atoms with Gasteiger partial charge in [0.15, 0.2) is 0 Å². The van der Waals surface area contributed by atoms with Crippen LogP contribution in [-0.2, 0) is 0 Å². The van der Waals surface area contributed by atoms with Crippen LogP contribution in [0.4, 0.5) is 0 Å². The summed E-state index contributed by atoms with van der Waals surface area (Å²) in [6.45, 7) is 10.6. The van der Waals surface area contributed by atoms with Crippen LogP contribution in [0.1, 0.15) is 47.5 Å². The minimum Gasteiger partial charge on any atom is -0.411 e. The van der Waals surface area contributed by atoms with E-state index in [-0.39, 0.29) is 5.41 Å². The first-order valence-electron chi connectivity index (χ1n) is 4.68. The smallest absolute Gasteiger partial charge is 0.0576 e. The summed E-state index contributed by atoms with van der Waals surface area (Å²) >= 11 is 0. The highest BCUT2D eigenvalue weighted by Crippen LogP contribution is 2.33. The van der Waals surface area contributed by atoms with Crippen LogP contribution >= 0.6 is 0 Å². The number of hydrogen-bond donors (Lipinski definition) is 1. The molecule has 0 saturated carbocycles. The second-order valence-electron chi connectivity index (χ2n) is 4.04. The largest absolute Gasteiger partial charge is 0.411 e. The van der Waals surface area contributed by atoms with Gasteiger partial charge in [0.1, 0.15) is 0 Å². The topological polar surface area (TPSA) is 32.6 Å². The van der Waals surface area contributed by atoms with Crippen LogP contribution in [0.2, 0.25) is 0 Å². The zero-order valence-corrected chi connectivity index (χ0v) is 8.89. The molecule has 0 aromatic heterocycles. The van der Waals surface area contributed by atoms with E-state index < -0.39 is 0 Å². The maximum Gasteiger partial charge on any atom is 0.0576 e. The molecular formula is C10H21NO. The molecular weight excluding hydrogens is 150 g/mol. The standard InChI is InChI=1S/C10H21NO/c1-6-9(8(3)11-12)10(4,5)7-2/h9,12H,6-7H2,1-5H3/b11-8-. The van der Waals surface area contributed by atoms with Gasteiger partial charge in [-0.05, 0) is 18.8 Å². The minimum absolute atomic E-state index is 0.241. The molecule has 0 amide bonds. The van der Waals surface area contributed by atoms with Gasteiger partial charge in [0.2, 0.25) is 0 Å². The quantitative estimate of drug-likeness (QED) is 0.393. The zero-order valence-electron chi connectivity index (χ0n) is 8.89. The maximum absolute atomic E-state index is 8.68. The highest BCUT2D eigenvalue weighted by molar-refractivity contribution is 5.84. The van der Waals surface area contributed by atoms with Crippen molar-refractivity contribution >= 4 is 5.71 Å². The fraction of sp³-hybridized carbons (Fsp3) is 0.900. The summed E-state index contributed by atoms with van der Waals surface area (Å²) in [4.78, 5) is 0. The normalized spacial score (nSPS) is 16.2. The molecule has 12 heavy (non-hydrogen) atoms. The molecule has 0 aromatic rings. The summed E-state index contributed by atoms with van der Waals surface area (Å²) in [7, 11) is 0. The average Bonchev–Trinajstić information content (AvgIpc) is 2.05. The molecule has 0 heterocycles. The molecule has 0 radical (unpaired) electrons. The summed E-state index contributed by atoms with van der Waals surface area (Å²) in [6.07, 6.45) is 2.15. The summed E-state index contributed by atoms with van der Waals surface area (Å²) in [5, 5.41) is 12.0. The van der Waals surface area contributed by atoms with E-state index in [1.807, 2.05) is 6.92 Å². The second kappa shape index (κ2) is 4.48. The summed E-state index contributed by atoms with van der Waals surface area (Å²) < 4.78 is 0. The van der Waals surface area contributed by atoms with Crippen LogP contribution in [0.3, 0.4) is 0 Å². The molecule has 0 aliphatic heterocycles. The van der Waals surface area contributed by atoms with Crippen molar-refractivity contribution in [1.82, 2.24) is 0 Å². The Morgan fingerprint density at radius 2 is 1.92 bits per heavy atom. The lowest BCUT2D eigenvalue weighted by atomic mass is 9.73. The van der Waals surface area contributed by atoms with E-state index in [2.05, 4.69) is 32.9 Å². The van der Waals surface area contributed by atoms with Crippen LogP contribution in [0.25, 0.3) is 0 Å². The Hall–Kier alpha value is -0.530. The van der Waals surface area contributed by atoms with Gasteiger partial charge in [-0.3, -0.25) is 0 Å². The van der Waals surface area contributed by atoms with Gasteiger partial charge in [-0.2, -0.15) is 0 Å². The Morgan fingerprint density at radius 3 is 2.17 bits per heavy atom. The van der Waals surface area contributed by atoms with Gasteiger partial charge >= 0.3 is 0 Å². The van der Waals surface area contributed by atoms with Crippen LogP contribution in [0, 0.1) is 11.3 Å². The van der Waals surface area contributed by atoms with Crippen molar-refractivity contribution in [3.8, 4) is 0 Å². The Labute approximate surface area is 75.7 Å². The highest BCUT2D eigenvalue weighted by Gasteiger charge is 2.28. The van der Waals surface area contributed by atoms with Crippen molar-refractivity contribution in [2.45, 2.75) is 47.5 Å². The number of hydrogen-bond acceptors (Lipinski definition) is 2. The van der Waals surface area contributed by atoms with Gasteiger partial charge in [-0.25, -0.2) is 0 Å². The molecule has 0 aliphatic carbocycles. The van der Waals surface area contributed by atoms with Crippen LogP contribution in [0.5, 0.6) is 0 Å². The molecule has 2 heteroatoms. The maximum atomic E-state index is 8.68. The Morgan fingerprint density at radius 1 is 1.42 bits per heavy atom. The van der Waals surface area contributed by atoms with E-state index in [0.717, 1.165) is 18.6 Å². The van der Waals surface area contributed by atoms with E-state index in [4.69, 9.17) is 5.21 Å². The first-order chi connectivity index (χ1) is 5.49. The lowest BCUT2D eigenvalue weighted by molar-refractivity contribution is 0.245. The van der Waals surface area contributed by atoms with Gasteiger partial charge in [0.05, 0.1) is 5.71 Å². The molecule has 2 nitrogen and oxygen atoms in total. The Balaban J connectivity index is 4.55. The Kier molecular flexibility index (Phi) is 4.29. The number of nitrogens with zero attached hydrogens (tertiary/aromatic N) is 1. The summed E-state index contributed by atoms with van der Waals surface area (Å²) in [5.41, 5.74) is 1.09. The molecule has 0 saturated heterocycles. The number of rotatable bonds is 4. The molecule has 1 atom stereocenters. The summed E-state index contributed by atoms with van der Waals surface area (Å²) in [6, 6.07) is 0. The third-order valence-corrected chi connectivity index (χ3v) is 2.92. The van der Waals surface area contributed by atoms with Gasteiger partial charge in [-0.1, -0.05) is 39.3 Å². The van der Waals surface area contributed by atoms with Gasteiger partial charge in [0.25, 0.3) is 0 Å². The monoisotopic (exact) mass is 171 g/mol. The van der Waals surface area contributed by atoms with Crippen molar-refractivity contribution in [3.63, 3.8) is 0 Å². The van der Waals surface area contributed by atoms with E-state index in [1.54, 1.807) is 0 Å². The SMILES string of the molecule is CCC(/C(C)=N\O)C(C)(C)CC. The molecule has 0 spiro atoms. The second-order valence-corrected chi connectivity index (χ2v) is 4.04. The first kappa shape index (κ1) is 11.5. The summed E-state index contributed by atoms with van der Waals surface area (Å²) in [5.74, 6) is 0.396. The average molecular weight is 171 g/mol. The fourth-order valence-corrected chi connectivity index (χ4v) is 1.73. The zero-order chi connectivity index (χ0) is 9.78. The van der Waals surface area contributed by atoms with Crippen LogP contribution < -0.4 is 0 Å². The fourth-order valence-electron chi connectivity index (χ4n) is 1.73. The van der Waals surface area contributed by atoms with E-state index in [0.29, 0.717) is 5.92 Å². The lowest BCUT2D eigenvalue weighted by Gasteiger charge is -2.32. The van der Waals surface area contributed by atoms with Crippen molar-refractivity contribution in [2.24, 2.45) is 16.5 Å². The van der Waals surface area contributed by atoms with E-state index in [1.165, 1.54) is 0 Å². The van der Waals surface area contributed by atoms with Gasteiger partial charge in [-0.15, -0.1) is 0 Å². The van der Waals surface area contributed by atoms with Gasteiger partial charge < -0.3 is 5.21 Å². The molecule has 0 aliphatic rings. The molecule has 0 fully saturated rings. The lowest BCUT2D eigenvalue weighted by Crippen LogP contribution is -2.28. The predicted molar refractivity (Wildman–Crippen MR) is 52.7 cm³/mol. The molecule has 72 valence electrons. The van der Waals surface area contributed by atoms with Crippen molar-refractivity contribution in [3.05, 3.63) is 0 Å². The van der Waals surface area contributed by atoms with Crippen molar-refractivity contribution < 1.29 is 5.21 Å². The molecule has 1 N–H and O–H groups in total. The Bertz CT molecular complexity index is 161. The molecule has 0 aromatic carbocycles.